The van der Waals surface area contributed by atoms with E-state index in [9.17, 15) is 4.79 Å². The van der Waals surface area contributed by atoms with Crippen molar-refractivity contribution < 1.29 is 9.53 Å². The smallest absolute Gasteiger partial charge is 0.227 e. The van der Waals surface area contributed by atoms with Crippen LogP contribution < -0.4 is 10.6 Å². The SMILES string of the molecule is C[C@@H]1CN(c2nc(N)c(C=O)c(C3CCCC3)n2)C[C@H](c2cnn(C3CC3)c2)O1. The van der Waals surface area contributed by atoms with Crippen molar-refractivity contribution >= 4 is 18.1 Å². The van der Waals surface area contributed by atoms with Gasteiger partial charge in [-0.1, -0.05) is 12.8 Å². The summed E-state index contributed by atoms with van der Waals surface area (Å²) in [7, 11) is 0. The second-order valence-electron chi connectivity index (χ2n) is 8.63. The van der Waals surface area contributed by atoms with Gasteiger partial charge in [0.2, 0.25) is 5.95 Å². The molecule has 1 aliphatic heterocycles. The van der Waals surface area contributed by atoms with E-state index in [-0.39, 0.29) is 18.0 Å². The Morgan fingerprint density at radius 1 is 1.17 bits per heavy atom. The minimum Gasteiger partial charge on any atom is -0.383 e. The Hall–Kier alpha value is -2.48. The number of rotatable bonds is 5. The number of aromatic nitrogens is 4. The van der Waals surface area contributed by atoms with E-state index >= 15 is 0 Å². The maximum Gasteiger partial charge on any atom is 0.227 e. The fraction of sp³-hybridized carbons (Fsp3) is 0.619. The summed E-state index contributed by atoms with van der Waals surface area (Å²) in [6, 6.07) is 0.550. The van der Waals surface area contributed by atoms with E-state index in [1.807, 2.05) is 10.9 Å². The van der Waals surface area contributed by atoms with Gasteiger partial charge in [0, 0.05) is 24.2 Å². The average molecular weight is 396 g/mol. The highest BCUT2D eigenvalue weighted by atomic mass is 16.5. The highest BCUT2D eigenvalue weighted by Gasteiger charge is 2.32. The molecule has 2 atom stereocenters. The lowest BCUT2D eigenvalue weighted by molar-refractivity contribution is -0.0179. The van der Waals surface area contributed by atoms with Crippen molar-refractivity contribution in [3.8, 4) is 0 Å². The summed E-state index contributed by atoms with van der Waals surface area (Å²) >= 11 is 0. The molecule has 3 aliphatic rings. The monoisotopic (exact) mass is 396 g/mol. The molecule has 3 fully saturated rings. The quantitative estimate of drug-likeness (QED) is 0.776. The third kappa shape index (κ3) is 3.61. The normalized spacial score (nSPS) is 25.5. The summed E-state index contributed by atoms with van der Waals surface area (Å²) in [6.07, 6.45) is 11.6. The van der Waals surface area contributed by atoms with E-state index in [0.29, 0.717) is 36.6 Å². The molecule has 0 aromatic carbocycles. The molecule has 8 nitrogen and oxygen atoms in total. The zero-order valence-corrected chi connectivity index (χ0v) is 16.8. The second kappa shape index (κ2) is 7.40. The van der Waals surface area contributed by atoms with Crippen LogP contribution in [0.2, 0.25) is 0 Å². The fourth-order valence-electron chi connectivity index (χ4n) is 4.62. The third-order valence-corrected chi connectivity index (χ3v) is 6.31. The number of anilines is 2. The van der Waals surface area contributed by atoms with E-state index < -0.39 is 0 Å². The molecule has 0 amide bonds. The molecular formula is C21H28N6O2. The standard InChI is InChI=1S/C21H28N6O2/c1-13-9-26(11-18(29-13)15-8-23-27(10-15)16-6-7-16)21-24-19(14-4-2-3-5-14)17(12-28)20(22)25-21/h8,10,12-14,16,18H,2-7,9,11H2,1H3,(H2,22,24,25)/t13-,18-/m1/s1. The predicted octanol–water partition coefficient (Wildman–Crippen LogP) is 3.03. The van der Waals surface area contributed by atoms with Crippen LogP contribution in [0.15, 0.2) is 12.4 Å². The van der Waals surface area contributed by atoms with E-state index in [0.717, 1.165) is 30.4 Å². The van der Waals surface area contributed by atoms with Gasteiger partial charge in [-0.3, -0.25) is 9.48 Å². The number of hydrogen-bond acceptors (Lipinski definition) is 7. The van der Waals surface area contributed by atoms with Gasteiger partial charge in [-0.25, -0.2) is 4.98 Å². The van der Waals surface area contributed by atoms with Crippen LogP contribution in [0, 0.1) is 0 Å². The molecule has 29 heavy (non-hydrogen) atoms. The number of morpholine rings is 1. The van der Waals surface area contributed by atoms with Gasteiger partial charge in [-0.05, 0) is 32.6 Å². The van der Waals surface area contributed by atoms with Crippen LogP contribution in [-0.4, -0.2) is 45.2 Å². The van der Waals surface area contributed by atoms with Crippen LogP contribution in [0.4, 0.5) is 11.8 Å². The van der Waals surface area contributed by atoms with E-state index in [2.05, 4.69) is 28.1 Å². The zero-order valence-electron chi connectivity index (χ0n) is 16.8. The second-order valence-corrected chi connectivity index (χ2v) is 8.63. The van der Waals surface area contributed by atoms with Gasteiger partial charge in [0.1, 0.15) is 11.9 Å². The lowest BCUT2D eigenvalue weighted by atomic mass is 9.99. The Bertz CT molecular complexity index is 903. The maximum absolute atomic E-state index is 11.6. The van der Waals surface area contributed by atoms with Crippen molar-refractivity contribution in [3.05, 3.63) is 29.2 Å². The molecule has 3 heterocycles. The largest absolute Gasteiger partial charge is 0.383 e. The van der Waals surface area contributed by atoms with Gasteiger partial charge in [0.15, 0.2) is 6.29 Å². The number of carbonyl (C=O) groups excluding carboxylic acids is 1. The molecule has 154 valence electrons. The van der Waals surface area contributed by atoms with Crippen LogP contribution in [0.5, 0.6) is 0 Å². The minimum absolute atomic E-state index is 0.0310. The summed E-state index contributed by atoms with van der Waals surface area (Å²) in [5.41, 5.74) is 8.54. The van der Waals surface area contributed by atoms with Crippen LogP contribution in [-0.2, 0) is 4.74 Å². The van der Waals surface area contributed by atoms with Gasteiger partial charge in [-0.2, -0.15) is 10.1 Å². The van der Waals surface area contributed by atoms with Crippen molar-refractivity contribution in [2.45, 2.75) is 69.6 Å². The predicted molar refractivity (Wildman–Crippen MR) is 109 cm³/mol. The Morgan fingerprint density at radius 3 is 2.69 bits per heavy atom. The molecule has 2 saturated carbocycles. The summed E-state index contributed by atoms with van der Waals surface area (Å²) in [6.45, 7) is 3.40. The molecule has 2 aromatic rings. The van der Waals surface area contributed by atoms with Gasteiger partial charge in [-0.15, -0.1) is 0 Å². The van der Waals surface area contributed by atoms with E-state index in [1.165, 1.54) is 25.7 Å². The van der Waals surface area contributed by atoms with Gasteiger partial charge in [0.25, 0.3) is 0 Å². The molecule has 2 N–H and O–H groups in total. The fourth-order valence-corrected chi connectivity index (χ4v) is 4.62. The first-order chi connectivity index (χ1) is 14.1. The number of carbonyl (C=O) groups is 1. The molecule has 1 saturated heterocycles. The van der Waals surface area contributed by atoms with Crippen LogP contribution >= 0.6 is 0 Å². The van der Waals surface area contributed by atoms with Gasteiger partial charge < -0.3 is 15.4 Å². The Balaban J connectivity index is 1.43. The molecule has 0 spiro atoms. The molecule has 5 rings (SSSR count). The maximum atomic E-state index is 11.6. The summed E-state index contributed by atoms with van der Waals surface area (Å²) in [5.74, 6) is 1.18. The molecule has 2 aromatic heterocycles. The lowest BCUT2D eigenvalue weighted by Gasteiger charge is -2.36. The summed E-state index contributed by atoms with van der Waals surface area (Å²) in [4.78, 5) is 23.1. The first kappa shape index (κ1) is 18.5. The Labute approximate surface area is 170 Å². The van der Waals surface area contributed by atoms with Crippen molar-refractivity contribution in [3.63, 3.8) is 0 Å². The highest BCUT2D eigenvalue weighted by Crippen LogP contribution is 2.38. The van der Waals surface area contributed by atoms with Gasteiger partial charge in [0.05, 0.1) is 36.1 Å². The summed E-state index contributed by atoms with van der Waals surface area (Å²) in [5, 5.41) is 4.51. The number of nitrogens with two attached hydrogens (primary N) is 1. The number of nitrogen functional groups attached to an aromatic ring is 1. The van der Waals surface area contributed by atoms with Crippen molar-refractivity contribution in [2.24, 2.45) is 0 Å². The Morgan fingerprint density at radius 2 is 1.97 bits per heavy atom. The topological polar surface area (TPSA) is 99.2 Å². The van der Waals surface area contributed by atoms with E-state index in [1.54, 1.807) is 0 Å². The number of hydrogen-bond donors (Lipinski definition) is 1. The molecule has 0 unspecified atom stereocenters. The van der Waals surface area contributed by atoms with Gasteiger partial charge >= 0.3 is 0 Å². The van der Waals surface area contributed by atoms with Crippen LogP contribution in [0.1, 0.15) is 85.1 Å². The van der Waals surface area contributed by atoms with Crippen molar-refractivity contribution in [2.75, 3.05) is 23.7 Å². The van der Waals surface area contributed by atoms with Crippen LogP contribution in [0.25, 0.3) is 0 Å². The average Bonchev–Trinajstić information content (AvgIpc) is 3.21. The Kier molecular flexibility index (Phi) is 4.73. The van der Waals surface area contributed by atoms with Crippen LogP contribution in [0.3, 0.4) is 0 Å². The molecule has 8 heteroatoms. The third-order valence-electron chi connectivity index (χ3n) is 6.31. The summed E-state index contributed by atoms with van der Waals surface area (Å²) < 4.78 is 8.25. The van der Waals surface area contributed by atoms with E-state index in [4.69, 9.17) is 15.5 Å². The number of nitrogens with zero attached hydrogens (tertiary/aromatic N) is 5. The number of ether oxygens (including phenoxy) is 1. The first-order valence-electron chi connectivity index (χ1n) is 10.7. The first-order valence-corrected chi connectivity index (χ1v) is 10.7. The molecule has 0 radical (unpaired) electrons. The van der Waals surface area contributed by atoms with Crippen molar-refractivity contribution in [1.29, 1.82) is 0 Å². The molecular weight excluding hydrogens is 368 g/mol. The minimum atomic E-state index is -0.0863. The molecule has 2 aliphatic carbocycles. The highest BCUT2D eigenvalue weighted by molar-refractivity contribution is 5.84. The lowest BCUT2D eigenvalue weighted by Crippen LogP contribution is -2.44. The molecule has 0 bridgehead atoms. The van der Waals surface area contributed by atoms with Crippen molar-refractivity contribution in [1.82, 2.24) is 19.7 Å². The number of aldehydes is 1. The zero-order chi connectivity index (χ0) is 20.0.